The van der Waals surface area contributed by atoms with Crippen molar-refractivity contribution in [1.29, 1.82) is 0 Å². The van der Waals surface area contributed by atoms with E-state index in [1.165, 1.54) is 0 Å². The number of para-hydroxylation sites is 2. The largest absolute Gasteiger partial charge is 0.299 e. The van der Waals surface area contributed by atoms with Crippen molar-refractivity contribution in [2.45, 2.75) is 39.2 Å². The molecule has 0 fully saturated rings. The Balaban J connectivity index is 1.79. The maximum absolute atomic E-state index is 13.5. The van der Waals surface area contributed by atoms with Gasteiger partial charge in [-0.25, -0.2) is 15.0 Å². The summed E-state index contributed by atoms with van der Waals surface area (Å²) in [5.74, 6) is 0. The number of nitrogens with zero attached hydrogens (tertiary/aromatic N) is 5. The average molecular weight is 432 g/mol. The molecule has 0 unspecified atom stereocenters. The number of unbranched alkanes of at least 4 members (excludes halogenated alkanes) is 3. The fourth-order valence-corrected chi connectivity index (χ4v) is 4.10. The first-order valence-electron chi connectivity index (χ1n) is 10.6. The number of benzene rings is 2. The van der Waals surface area contributed by atoms with E-state index in [0.717, 1.165) is 42.4 Å². The van der Waals surface area contributed by atoms with Gasteiger partial charge in [0.1, 0.15) is 10.9 Å². The van der Waals surface area contributed by atoms with Crippen molar-refractivity contribution >= 4 is 44.8 Å². The molecule has 0 aliphatic heterocycles. The van der Waals surface area contributed by atoms with Gasteiger partial charge < -0.3 is 0 Å². The average Bonchev–Trinajstić information content (AvgIpc) is 3.11. The van der Waals surface area contributed by atoms with Crippen LogP contribution in [0.2, 0.25) is 5.02 Å². The molecule has 31 heavy (non-hydrogen) atoms. The van der Waals surface area contributed by atoms with Gasteiger partial charge in [-0.2, -0.15) is 0 Å². The molecule has 0 N–H and O–H groups in total. The molecule has 7 heteroatoms. The highest BCUT2D eigenvalue weighted by molar-refractivity contribution is 6.30. The molecule has 0 radical (unpaired) electrons. The van der Waals surface area contributed by atoms with Crippen LogP contribution in [0.4, 0.5) is 0 Å². The molecule has 2 aromatic carbocycles. The van der Waals surface area contributed by atoms with Crippen LogP contribution in [0.15, 0.2) is 59.7 Å². The summed E-state index contributed by atoms with van der Waals surface area (Å²) in [5.41, 5.74) is 4.03. The smallest absolute Gasteiger partial charge is 0.265 e. The van der Waals surface area contributed by atoms with Crippen LogP contribution in [0.5, 0.6) is 0 Å². The molecular formula is C24H22ClN5O. The zero-order valence-corrected chi connectivity index (χ0v) is 18.0. The highest BCUT2D eigenvalue weighted by Crippen LogP contribution is 2.28. The Kier molecular flexibility index (Phi) is 5.16. The van der Waals surface area contributed by atoms with Crippen molar-refractivity contribution in [3.8, 4) is 5.69 Å². The van der Waals surface area contributed by atoms with Crippen molar-refractivity contribution < 1.29 is 0 Å². The summed E-state index contributed by atoms with van der Waals surface area (Å²) in [4.78, 5) is 27.8. The summed E-state index contributed by atoms with van der Waals surface area (Å²) in [6, 6.07) is 15.1. The Hall–Kier alpha value is -3.25. The Morgan fingerprint density at radius 2 is 1.65 bits per heavy atom. The van der Waals surface area contributed by atoms with Gasteiger partial charge in [-0.05, 0) is 42.8 Å². The lowest BCUT2D eigenvalue weighted by Crippen LogP contribution is -2.20. The van der Waals surface area contributed by atoms with E-state index in [4.69, 9.17) is 21.6 Å². The molecule has 3 aromatic heterocycles. The summed E-state index contributed by atoms with van der Waals surface area (Å²) < 4.78 is 3.59. The van der Waals surface area contributed by atoms with E-state index in [1.807, 2.05) is 53.1 Å². The lowest BCUT2D eigenvalue weighted by atomic mass is 10.2. The van der Waals surface area contributed by atoms with Crippen molar-refractivity contribution in [1.82, 2.24) is 24.1 Å². The van der Waals surface area contributed by atoms with Crippen LogP contribution in [-0.2, 0) is 6.54 Å². The lowest BCUT2D eigenvalue weighted by Gasteiger charge is -2.08. The third-order valence-electron chi connectivity index (χ3n) is 5.57. The minimum Gasteiger partial charge on any atom is -0.299 e. The van der Waals surface area contributed by atoms with E-state index in [9.17, 15) is 4.79 Å². The van der Waals surface area contributed by atoms with Crippen LogP contribution >= 0.6 is 11.6 Å². The molecule has 0 aliphatic carbocycles. The number of hydrogen-bond donors (Lipinski definition) is 0. The second-order valence-corrected chi connectivity index (χ2v) is 8.14. The summed E-state index contributed by atoms with van der Waals surface area (Å²) in [7, 11) is 0. The van der Waals surface area contributed by atoms with Crippen molar-refractivity contribution in [3.05, 3.63) is 70.2 Å². The van der Waals surface area contributed by atoms with Crippen LogP contribution in [0.3, 0.4) is 0 Å². The predicted molar refractivity (Wildman–Crippen MR) is 125 cm³/mol. The molecular weight excluding hydrogens is 410 g/mol. The number of halogens is 1. The number of rotatable bonds is 6. The van der Waals surface area contributed by atoms with Gasteiger partial charge in [0.05, 0.1) is 17.4 Å². The quantitative estimate of drug-likeness (QED) is 0.332. The van der Waals surface area contributed by atoms with Gasteiger partial charge >= 0.3 is 0 Å². The maximum Gasteiger partial charge on any atom is 0.265 e. The van der Waals surface area contributed by atoms with E-state index >= 15 is 0 Å². The zero-order chi connectivity index (χ0) is 21.4. The number of hydrogen-bond acceptors (Lipinski definition) is 4. The zero-order valence-electron chi connectivity index (χ0n) is 17.3. The molecule has 0 saturated heterocycles. The van der Waals surface area contributed by atoms with Gasteiger partial charge in [-0.1, -0.05) is 49.9 Å². The standard InChI is InChI=1S/C24H22ClN5O/c1-2-3-4-7-14-29-15-26-22-20(24(29)31)21-23(28-19-9-6-5-8-18(19)27-21)30(22)17-12-10-16(25)11-13-17/h5-6,8-13,15H,2-4,7,14H2,1H3. The molecule has 0 saturated carbocycles. The van der Waals surface area contributed by atoms with E-state index in [-0.39, 0.29) is 5.56 Å². The fraction of sp³-hybridized carbons (Fsp3) is 0.250. The van der Waals surface area contributed by atoms with Gasteiger partial charge in [0.25, 0.3) is 5.56 Å². The first kappa shape index (κ1) is 19.7. The number of fused-ring (bicyclic) bond motifs is 4. The number of aromatic nitrogens is 5. The summed E-state index contributed by atoms with van der Waals surface area (Å²) in [6.45, 7) is 2.82. The lowest BCUT2D eigenvalue weighted by molar-refractivity contribution is 0.567. The van der Waals surface area contributed by atoms with Gasteiger partial charge in [-0.3, -0.25) is 13.9 Å². The van der Waals surface area contributed by atoms with Crippen LogP contribution in [0.1, 0.15) is 32.6 Å². The minimum absolute atomic E-state index is 0.0798. The van der Waals surface area contributed by atoms with E-state index in [2.05, 4.69) is 11.9 Å². The van der Waals surface area contributed by atoms with Crippen LogP contribution < -0.4 is 5.56 Å². The van der Waals surface area contributed by atoms with Crippen molar-refractivity contribution in [3.63, 3.8) is 0 Å². The van der Waals surface area contributed by atoms with Gasteiger partial charge in [0.15, 0.2) is 11.3 Å². The molecule has 3 heterocycles. The normalized spacial score (nSPS) is 11.7. The molecule has 0 bridgehead atoms. The van der Waals surface area contributed by atoms with E-state index in [1.54, 1.807) is 10.9 Å². The molecule has 6 nitrogen and oxygen atoms in total. The molecule has 5 rings (SSSR count). The van der Waals surface area contributed by atoms with Gasteiger partial charge in [0, 0.05) is 17.3 Å². The first-order valence-corrected chi connectivity index (χ1v) is 11.0. The van der Waals surface area contributed by atoms with Crippen LogP contribution in [0, 0.1) is 0 Å². The van der Waals surface area contributed by atoms with Gasteiger partial charge in [0.2, 0.25) is 0 Å². The Morgan fingerprint density at radius 3 is 2.39 bits per heavy atom. The van der Waals surface area contributed by atoms with Crippen molar-refractivity contribution in [2.24, 2.45) is 0 Å². The molecule has 0 spiro atoms. The van der Waals surface area contributed by atoms with Crippen LogP contribution in [0.25, 0.3) is 38.9 Å². The monoisotopic (exact) mass is 431 g/mol. The maximum atomic E-state index is 13.5. The van der Waals surface area contributed by atoms with Crippen molar-refractivity contribution in [2.75, 3.05) is 0 Å². The summed E-state index contributed by atoms with van der Waals surface area (Å²) in [6.07, 6.45) is 6.01. The Labute approximate surface area is 184 Å². The third-order valence-corrected chi connectivity index (χ3v) is 5.82. The molecule has 0 amide bonds. The van der Waals surface area contributed by atoms with Gasteiger partial charge in [-0.15, -0.1) is 0 Å². The fourth-order valence-electron chi connectivity index (χ4n) is 3.97. The SMILES string of the molecule is CCCCCCn1cnc2c(c1=O)c1nc3ccccc3nc1n2-c1ccc(Cl)cc1. The third kappa shape index (κ3) is 3.47. The highest BCUT2D eigenvalue weighted by atomic mass is 35.5. The van der Waals surface area contributed by atoms with E-state index < -0.39 is 0 Å². The molecule has 0 atom stereocenters. The Morgan fingerprint density at radius 1 is 0.903 bits per heavy atom. The number of aryl methyl sites for hydroxylation is 1. The van der Waals surface area contributed by atoms with E-state index in [0.29, 0.717) is 33.8 Å². The minimum atomic E-state index is -0.0798. The predicted octanol–water partition coefficient (Wildman–Crippen LogP) is 5.52. The Bertz CT molecular complexity index is 1450. The molecule has 5 aromatic rings. The topological polar surface area (TPSA) is 65.6 Å². The second kappa shape index (κ2) is 8.12. The molecule has 0 aliphatic rings. The second-order valence-electron chi connectivity index (χ2n) is 7.70. The highest BCUT2D eigenvalue weighted by Gasteiger charge is 2.20. The molecule has 156 valence electrons. The van der Waals surface area contributed by atoms with Crippen LogP contribution in [-0.4, -0.2) is 24.1 Å². The first-order chi connectivity index (χ1) is 15.2. The summed E-state index contributed by atoms with van der Waals surface area (Å²) >= 11 is 6.10. The summed E-state index contributed by atoms with van der Waals surface area (Å²) in [5, 5.41) is 1.14.